The molecule has 0 saturated carbocycles. The van der Waals surface area contributed by atoms with Crippen molar-refractivity contribution in [3.63, 3.8) is 0 Å². The van der Waals surface area contributed by atoms with E-state index in [9.17, 15) is 8.78 Å². The van der Waals surface area contributed by atoms with Gasteiger partial charge in [-0.2, -0.15) is 5.26 Å². The Hall–Kier alpha value is -1.63. The van der Waals surface area contributed by atoms with Crippen molar-refractivity contribution in [1.82, 2.24) is 0 Å². The summed E-state index contributed by atoms with van der Waals surface area (Å²) in [6.45, 7) is 2.16. The van der Waals surface area contributed by atoms with Gasteiger partial charge in [0.2, 0.25) is 0 Å². The van der Waals surface area contributed by atoms with Gasteiger partial charge >= 0.3 is 0 Å². The van der Waals surface area contributed by atoms with Gasteiger partial charge in [0, 0.05) is 6.07 Å². The molecule has 0 fully saturated rings. The lowest BCUT2D eigenvalue weighted by atomic mass is 10.2. The van der Waals surface area contributed by atoms with Gasteiger partial charge in [0.25, 0.3) is 0 Å². The molecular formula is C10H9F2NO. The second kappa shape index (κ2) is 4.56. The Morgan fingerprint density at radius 2 is 2.14 bits per heavy atom. The van der Waals surface area contributed by atoms with Crippen LogP contribution in [0.15, 0.2) is 12.1 Å². The number of nitrogens with zero attached hydrogens (tertiary/aromatic N) is 1. The summed E-state index contributed by atoms with van der Waals surface area (Å²) < 4.78 is 30.8. The zero-order valence-electron chi connectivity index (χ0n) is 7.68. The van der Waals surface area contributed by atoms with Crippen LogP contribution in [0.2, 0.25) is 0 Å². The Labute approximate surface area is 80.7 Å². The summed E-state index contributed by atoms with van der Waals surface area (Å²) in [5, 5.41) is 8.60. The predicted molar refractivity (Wildman–Crippen MR) is 46.9 cm³/mol. The molecule has 2 nitrogen and oxygen atoms in total. The van der Waals surface area contributed by atoms with Gasteiger partial charge in [0.05, 0.1) is 12.2 Å². The molecule has 0 aromatic heterocycles. The topological polar surface area (TPSA) is 33.0 Å². The van der Waals surface area contributed by atoms with Crippen LogP contribution in [0.5, 0.6) is 5.75 Å². The zero-order valence-corrected chi connectivity index (χ0v) is 7.68. The van der Waals surface area contributed by atoms with Crippen LogP contribution in [0.3, 0.4) is 0 Å². The largest absolute Gasteiger partial charge is 0.489 e. The Morgan fingerprint density at radius 1 is 1.43 bits per heavy atom. The number of halogens is 2. The van der Waals surface area contributed by atoms with Crippen molar-refractivity contribution in [2.75, 3.05) is 6.61 Å². The van der Waals surface area contributed by atoms with Crippen molar-refractivity contribution >= 4 is 0 Å². The molecule has 0 radical (unpaired) electrons. The summed E-state index contributed by atoms with van der Waals surface area (Å²) in [4.78, 5) is 0. The molecule has 1 aromatic rings. The minimum Gasteiger partial charge on any atom is -0.489 e. The smallest absolute Gasteiger partial charge is 0.172 e. The fourth-order valence-corrected chi connectivity index (χ4v) is 0.994. The molecular weight excluding hydrogens is 188 g/mol. The van der Waals surface area contributed by atoms with E-state index < -0.39 is 11.6 Å². The van der Waals surface area contributed by atoms with Crippen LogP contribution in [0, 0.1) is 23.0 Å². The number of nitriles is 1. The van der Waals surface area contributed by atoms with Crippen molar-refractivity contribution in [3.8, 4) is 11.8 Å². The van der Waals surface area contributed by atoms with Crippen molar-refractivity contribution < 1.29 is 13.5 Å². The number of ether oxygens (including phenoxy) is 1. The number of rotatable bonds is 3. The van der Waals surface area contributed by atoms with Gasteiger partial charge in [-0.15, -0.1) is 0 Å². The van der Waals surface area contributed by atoms with Crippen LogP contribution in [-0.2, 0) is 0 Å². The fourth-order valence-electron chi connectivity index (χ4n) is 0.994. The molecule has 0 amide bonds. The summed E-state index contributed by atoms with van der Waals surface area (Å²) in [5.74, 6) is -1.78. The summed E-state index contributed by atoms with van der Waals surface area (Å²) in [5.41, 5.74) is -0.115. The van der Waals surface area contributed by atoms with E-state index in [0.717, 1.165) is 6.07 Å². The minimum atomic E-state index is -0.838. The molecule has 0 aliphatic rings. The average Bonchev–Trinajstić information content (AvgIpc) is 2.15. The third-order valence-corrected chi connectivity index (χ3v) is 1.58. The molecule has 0 bridgehead atoms. The summed E-state index contributed by atoms with van der Waals surface area (Å²) >= 11 is 0. The molecule has 0 atom stereocenters. The van der Waals surface area contributed by atoms with Crippen molar-refractivity contribution in [3.05, 3.63) is 29.3 Å². The molecule has 0 heterocycles. The van der Waals surface area contributed by atoms with Gasteiger partial charge < -0.3 is 4.74 Å². The molecule has 0 aliphatic heterocycles. The molecule has 74 valence electrons. The van der Waals surface area contributed by atoms with E-state index in [1.165, 1.54) is 0 Å². The maximum absolute atomic E-state index is 13.1. The van der Waals surface area contributed by atoms with Gasteiger partial charge in [-0.05, 0) is 12.5 Å². The van der Waals surface area contributed by atoms with Gasteiger partial charge in [-0.3, -0.25) is 0 Å². The van der Waals surface area contributed by atoms with Crippen LogP contribution in [0.25, 0.3) is 0 Å². The van der Waals surface area contributed by atoms with Crippen LogP contribution in [0.1, 0.15) is 18.9 Å². The molecule has 0 saturated heterocycles. The van der Waals surface area contributed by atoms with E-state index in [1.54, 1.807) is 6.07 Å². The zero-order chi connectivity index (χ0) is 10.6. The van der Waals surface area contributed by atoms with Crippen LogP contribution in [0.4, 0.5) is 8.78 Å². The van der Waals surface area contributed by atoms with E-state index in [4.69, 9.17) is 10.00 Å². The normalized spacial score (nSPS) is 9.57. The third-order valence-electron chi connectivity index (χ3n) is 1.58. The van der Waals surface area contributed by atoms with Gasteiger partial charge in [0.15, 0.2) is 11.6 Å². The Balaban J connectivity index is 3.07. The Kier molecular flexibility index (Phi) is 3.41. The van der Waals surface area contributed by atoms with Crippen molar-refractivity contribution in [1.29, 1.82) is 5.26 Å². The Morgan fingerprint density at radius 3 is 2.71 bits per heavy atom. The highest BCUT2D eigenvalue weighted by atomic mass is 19.1. The summed E-state index contributed by atoms with van der Waals surface area (Å²) in [7, 11) is 0. The number of benzene rings is 1. The number of hydrogen-bond acceptors (Lipinski definition) is 2. The molecule has 1 aromatic carbocycles. The van der Waals surface area contributed by atoms with Crippen molar-refractivity contribution in [2.24, 2.45) is 0 Å². The molecule has 0 unspecified atom stereocenters. The molecule has 14 heavy (non-hydrogen) atoms. The summed E-state index contributed by atoms with van der Waals surface area (Å²) in [6.07, 6.45) is 0.696. The average molecular weight is 197 g/mol. The van der Waals surface area contributed by atoms with E-state index in [2.05, 4.69) is 0 Å². The third kappa shape index (κ3) is 2.19. The first-order chi connectivity index (χ1) is 6.69. The first-order valence-electron chi connectivity index (χ1n) is 4.21. The SMILES string of the molecule is CCCOc1c(F)cc(F)cc1C#N. The van der Waals surface area contributed by atoms with E-state index in [0.29, 0.717) is 19.1 Å². The standard InChI is InChI=1S/C10H9F2NO/c1-2-3-14-10-7(6-13)4-8(11)5-9(10)12/h4-5H,2-3H2,1H3. The summed E-state index contributed by atoms with van der Waals surface area (Å²) in [6, 6.07) is 3.33. The fraction of sp³-hybridized carbons (Fsp3) is 0.300. The quantitative estimate of drug-likeness (QED) is 0.746. The lowest BCUT2D eigenvalue weighted by Gasteiger charge is -2.07. The van der Waals surface area contributed by atoms with Gasteiger partial charge in [0.1, 0.15) is 11.9 Å². The first kappa shape index (κ1) is 10.5. The highest BCUT2D eigenvalue weighted by Gasteiger charge is 2.11. The van der Waals surface area contributed by atoms with Crippen LogP contribution in [-0.4, -0.2) is 6.61 Å². The molecule has 0 N–H and O–H groups in total. The highest BCUT2D eigenvalue weighted by Crippen LogP contribution is 2.23. The van der Waals surface area contributed by atoms with Gasteiger partial charge in [-0.1, -0.05) is 6.92 Å². The van der Waals surface area contributed by atoms with Crippen LogP contribution >= 0.6 is 0 Å². The van der Waals surface area contributed by atoms with E-state index in [-0.39, 0.29) is 11.3 Å². The second-order valence-electron chi connectivity index (χ2n) is 2.72. The lowest BCUT2D eigenvalue weighted by Crippen LogP contribution is -2.00. The Bertz CT molecular complexity index is 371. The maximum Gasteiger partial charge on any atom is 0.172 e. The predicted octanol–water partition coefficient (Wildman–Crippen LogP) is 2.63. The maximum atomic E-state index is 13.1. The number of hydrogen-bond donors (Lipinski definition) is 0. The van der Waals surface area contributed by atoms with E-state index in [1.807, 2.05) is 6.92 Å². The molecule has 0 aliphatic carbocycles. The van der Waals surface area contributed by atoms with E-state index >= 15 is 0 Å². The van der Waals surface area contributed by atoms with Crippen LogP contribution < -0.4 is 4.74 Å². The highest BCUT2D eigenvalue weighted by molar-refractivity contribution is 5.44. The lowest BCUT2D eigenvalue weighted by molar-refractivity contribution is 0.299. The molecule has 4 heteroatoms. The van der Waals surface area contributed by atoms with Gasteiger partial charge in [-0.25, -0.2) is 8.78 Å². The minimum absolute atomic E-state index is 0.115. The second-order valence-corrected chi connectivity index (χ2v) is 2.72. The first-order valence-corrected chi connectivity index (χ1v) is 4.21. The monoisotopic (exact) mass is 197 g/mol. The molecule has 0 spiro atoms. The molecule has 1 rings (SSSR count). The van der Waals surface area contributed by atoms with Crippen molar-refractivity contribution in [2.45, 2.75) is 13.3 Å².